The molecule has 4 nitrogen and oxygen atoms in total. The van der Waals surface area contributed by atoms with Crippen LogP contribution in [0.1, 0.15) is 41.6 Å². The summed E-state index contributed by atoms with van der Waals surface area (Å²) < 4.78 is 5.36. The van der Waals surface area contributed by atoms with Gasteiger partial charge < -0.3 is 9.64 Å². The number of piperidine rings is 1. The molecule has 0 bridgehead atoms. The molecule has 0 amide bonds. The van der Waals surface area contributed by atoms with Crippen molar-refractivity contribution in [3.8, 4) is 0 Å². The number of rotatable bonds is 5. The third-order valence-electron chi connectivity index (χ3n) is 3.36. The maximum absolute atomic E-state index is 11.0. The third-order valence-corrected chi connectivity index (χ3v) is 4.44. The van der Waals surface area contributed by atoms with Crippen LogP contribution in [0.4, 0.5) is 5.13 Å². The van der Waals surface area contributed by atoms with Gasteiger partial charge in [0, 0.05) is 20.2 Å². The standard InChI is InChI=1S/C13H20N2O2S/c1-3-4-11-12(9-16)18-13(14-11)15-7-5-10(17-2)6-8-15/h9-10H,3-8H2,1-2H3. The normalized spacial score (nSPS) is 17.1. The van der Waals surface area contributed by atoms with E-state index < -0.39 is 0 Å². The van der Waals surface area contributed by atoms with E-state index in [1.54, 1.807) is 7.11 Å². The lowest BCUT2D eigenvalue weighted by Gasteiger charge is -2.30. The van der Waals surface area contributed by atoms with Gasteiger partial charge >= 0.3 is 0 Å². The molecular formula is C13H20N2O2S. The second-order valence-corrected chi connectivity index (χ2v) is 5.61. The number of carbonyl (C=O) groups excluding carboxylic acids is 1. The van der Waals surface area contributed by atoms with E-state index in [2.05, 4.69) is 16.8 Å². The Morgan fingerprint density at radius 2 is 2.22 bits per heavy atom. The maximum Gasteiger partial charge on any atom is 0.186 e. The average Bonchev–Trinajstić information content (AvgIpc) is 2.82. The van der Waals surface area contributed by atoms with Crippen molar-refractivity contribution in [2.75, 3.05) is 25.1 Å². The number of aldehydes is 1. The fourth-order valence-electron chi connectivity index (χ4n) is 2.28. The summed E-state index contributed by atoms with van der Waals surface area (Å²) in [6.07, 6.45) is 5.30. The zero-order valence-corrected chi connectivity index (χ0v) is 11.8. The molecule has 1 aromatic rings. The molecule has 1 aliphatic heterocycles. The van der Waals surface area contributed by atoms with E-state index in [-0.39, 0.29) is 0 Å². The van der Waals surface area contributed by atoms with Crippen LogP contribution in [0, 0.1) is 0 Å². The van der Waals surface area contributed by atoms with Gasteiger partial charge in [-0.2, -0.15) is 0 Å². The predicted molar refractivity (Wildman–Crippen MR) is 73.7 cm³/mol. The number of methoxy groups -OCH3 is 1. The molecule has 1 aliphatic rings. The monoisotopic (exact) mass is 268 g/mol. The molecule has 0 saturated carbocycles. The minimum Gasteiger partial charge on any atom is -0.381 e. The van der Waals surface area contributed by atoms with E-state index in [1.807, 2.05) is 0 Å². The van der Waals surface area contributed by atoms with Crippen LogP contribution >= 0.6 is 11.3 Å². The van der Waals surface area contributed by atoms with Crippen LogP contribution in [0.25, 0.3) is 0 Å². The summed E-state index contributed by atoms with van der Waals surface area (Å²) >= 11 is 1.52. The van der Waals surface area contributed by atoms with Gasteiger partial charge in [-0.3, -0.25) is 4.79 Å². The van der Waals surface area contributed by atoms with Crippen LogP contribution < -0.4 is 4.90 Å². The SMILES string of the molecule is CCCc1nc(N2CCC(OC)CC2)sc1C=O. The van der Waals surface area contributed by atoms with Gasteiger partial charge in [-0.1, -0.05) is 24.7 Å². The Morgan fingerprint density at radius 3 is 2.78 bits per heavy atom. The summed E-state index contributed by atoms with van der Waals surface area (Å²) in [6, 6.07) is 0. The number of nitrogens with zero attached hydrogens (tertiary/aromatic N) is 2. The molecule has 1 saturated heterocycles. The van der Waals surface area contributed by atoms with E-state index in [9.17, 15) is 4.79 Å². The first kappa shape index (κ1) is 13.5. The van der Waals surface area contributed by atoms with Gasteiger partial charge in [0.25, 0.3) is 0 Å². The second-order valence-electron chi connectivity index (χ2n) is 4.60. The summed E-state index contributed by atoms with van der Waals surface area (Å²) in [6.45, 7) is 4.05. The number of carbonyl (C=O) groups is 1. The Kier molecular flexibility index (Phi) is 4.72. The van der Waals surface area contributed by atoms with Crippen LogP contribution in [-0.4, -0.2) is 37.6 Å². The highest BCUT2D eigenvalue weighted by atomic mass is 32.1. The van der Waals surface area contributed by atoms with Crippen LogP contribution in [-0.2, 0) is 11.2 Å². The molecule has 0 N–H and O–H groups in total. The van der Waals surface area contributed by atoms with Crippen molar-refractivity contribution in [2.24, 2.45) is 0 Å². The molecule has 2 rings (SSSR count). The van der Waals surface area contributed by atoms with Crippen molar-refractivity contribution in [1.82, 2.24) is 4.98 Å². The zero-order chi connectivity index (χ0) is 13.0. The van der Waals surface area contributed by atoms with Crippen molar-refractivity contribution in [3.63, 3.8) is 0 Å². The Labute approximate surface area is 112 Å². The number of aryl methyl sites for hydroxylation is 1. The lowest BCUT2D eigenvalue weighted by Crippen LogP contribution is -2.36. The highest BCUT2D eigenvalue weighted by Gasteiger charge is 2.22. The summed E-state index contributed by atoms with van der Waals surface area (Å²) in [5, 5.41) is 0.995. The Hall–Kier alpha value is -0.940. The van der Waals surface area contributed by atoms with E-state index in [0.29, 0.717) is 6.10 Å². The quantitative estimate of drug-likeness (QED) is 0.770. The van der Waals surface area contributed by atoms with E-state index >= 15 is 0 Å². The molecule has 18 heavy (non-hydrogen) atoms. The average molecular weight is 268 g/mol. The molecule has 0 radical (unpaired) electrons. The van der Waals surface area contributed by atoms with Gasteiger partial charge in [0.05, 0.1) is 16.7 Å². The fraction of sp³-hybridized carbons (Fsp3) is 0.692. The Morgan fingerprint density at radius 1 is 1.50 bits per heavy atom. The lowest BCUT2D eigenvalue weighted by atomic mass is 10.1. The number of hydrogen-bond acceptors (Lipinski definition) is 5. The molecule has 2 heterocycles. The van der Waals surface area contributed by atoms with Crippen LogP contribution in [0.15, 0.2) is 0 Å². The highest BCUT2D eigenvalue weighted by molar-refractivity contribution is 7.17. The predicted octanol–water partition coefficient (Wildman–Crippen LogP) is 2.52. The number of hydrogen-bond donors (Lipinski definition) is 0. The molecule has 0 aromatic carbocycles. The molecule has 0 unspecified atom stereocenters. The smallest absolute Gasteiger partial charge is 0.186 e. The molecule has 1 fully saturated rings. The van der Waals surface area contributed by atoms with Gasteiger partial charge in [0.1, 0.15) is 0 Å². The second kappa shape index (κ2) is 6.29. The van der Waals surface area contributed by atoms with Crippen molar-refractivity contribution in [2.45, 2.75) is 38.7 Å². The van der Waals surface area contributed by atoms with Crippen molar-refractivity contribution in [3.05, 3.63) is 10.6 Å². The summed E-state index contributed by atoms with van der Waals surface area (Å²) in [7, 11) is 1.77. The maximum atomic E-state index is 11.0. The fourth-order valence-corrected chi connectivity index (χ4v) is 3.25. The molecule has 1 aromatic heterocycles. The van der Waals surface area contributed by atoms with Gasteiger partial charge in [-0.05, 0) is 19.3 Å². The van der Waals surface area contributed by atoms with Crippen LogP contribution in [0.5, 0.6) is 0 Å². The molecule has 5 heteroatoms. The number of thiazole rings is 1. The summed E-state index contributed by atoms with van der Waals surface area (Å²) in [4.78, 5) is 18.7. The van der Waals surface area contributed by atoms with Crippen molar-refractivity contribution in [1.29, 1.82) is 0 Å². The third kappa shape index (κ3) is 2.90. The Bertz CT molecular complexity index is 398. The first-order chi connectivity index (χ1) is 8.78. The molecule has 100 valence electrons. The zero-order valence-electron chi connectivity index (χ0n) is 11.0. The van der Waals surface area contributed by atoms with E-state index in [1.165, 1.54) is 11.3 Å². The van der Waals surface area contributed by atoms with Crippen LogP contribution in [0.3, 0.4) is 0 Å². The highest BCUT2D eigenvalue weighted by Crippen LogP contribution is 2.28. The summed E-state index contributed by atoms with van der Waals surface area (Å²) in [5.74, 6) is 0. The number of ether oxygens (including phenoxy) is 1. The van der Waals surface area contributed by atoms with Crippen LogP contribution in [0.2, 0.25) is 0 Å². The molecular weight excluding hydrogens is 248 g/mol. The lowest BCUT2D eigenvalue weighted by molar-refractivity contribution is 0.0819. The summed E-state index contributed by atoms with van der Waals surface area (Å²) in [5.41, 5.74) is 0.960. The van der Waals surface area contributed by atoms with E-state index in [4.69, 9.17) is 4.74 Å². The van der Waals surface area contributed by atoms with Gasteiger partial charge in [-0.15, -0.1) is 0 Å². The minimum atomic E-state index is 0.377. The minimum absolute atomic E-state index is 0.377. The number of aromatic nitrogens is 1. The molecule has 0 spiro atoms. The topological polar surface area (TPSA) is 42.4 Å². The van der Waals surface area contributed by atoms with Gasteiger partial charge in [0.15, 0.2) is 11.4 Å². The van der Waals surface area contributed by atoms with Crippen molar-refractivity contribution < 1.29 is 9.53 Å². The number of anilines is 1. The molecule has 0 atom stereocenters. The first-order valence-electron chi connectivity index (χ1n) is 6.51. The molecule has 0 aliphatic carbocycles. The largest absolute Gasteiger partial charge is 0.381 e. The first-order valence-corrected chi connectivity index (χ1v) is 7.32. The van der Waals surface area contributed by atoms with Gasteiger partial charge in [-0.25, -0.2) is 4.98 Å². The van der Waals surface area contributed by atoms with Gasteiger partial charge in [0.2, 0.25) is 0 Å². The van der Waals surface area contributed by atoms with Crippen molar-refractivity contribution >= 4 is 22.8 Å². The Balaban J connectivity index is 2.07. The van der Waals surface area contributed by atoms with E-state index in [0.717, 1.165) is 60.8 Å².